The number of esters is 1. The van der Waals surface area contributed by atoms with E-state index in [-0.39, 0.29) is 41.6 Å². The van der Waals surface area contributed by atoms with Crippen molar-refractivity contribution in [2.75, 3.05) is 26.3 Å². The van der Waals surface area contributed by atoms with Crippen LogP contribution >= 0.6 is 11.8 Å². The number of carbonyl (C=O) groups excluding carboxylic acids is 3. The normalized spacial score (nSPS) is 31.1. The molecule has 3 heterocycles. The zero-order valence-electron chi connectivity index (χ0n) is 21.5. The number of rotatable bonds is 14. The molecule has 3 fully saturated rings. The van der Waals surface area contributed by atoms with Gasteiger partial charge in [0.1, 0.15) is 6.04 Å². The first-order chi connectivity index (χ1) is 16.8. The van der Waals surface area contributed by atoms with E-state index in [0.29, 0.717) is 39.0 Å². The topological polar surface area (TPSA) is 87.2 Å². The Hall–Kier alpha value is -1.80. The van der Waals surface area contributed by atoms with E-state index in [0.717, 1.165) is 19.3 Å². The molecule has 3 saturated heterocycles. The Morgan fingerprint density at radius 3 is 2.63 bits per heavy atom. The summed E-state index contributed by atoms with van der Waals surface area (Å²) in [7, 11) is 0. The van der Waals surface area contributed by atoms with Gasteiger partial charge in [-0.2, -0.15) is 0 Å². The minimum absolute atomic E-state index is 0.00963. The van der Waals surface area contributed by atoms with Crippen molar-refractivity contribution >= 4 is 29.5 Å². The maximum Gasteiger partial charge on any atom is 0.310 e. The van der Waals surface area contributed by atoms with E-state index in [9.17, 15) is 19.5 Å². The number of hydrogen-bond donors (Lipinski definition) is 1. The molecule has 0 aromatic carbocycles. The van der Waals surface area contributed by atoms with Gasteiger partial charge in [-0.3, -0.25) is 14.4 Å². The van der Waals surface area contributed by atoms with E-state index in [1.807, 2.05) is 13.8 Å². The molecule has 0 aromatic rings. The fourth-order valence-electron chi connectivity index (χ4n) is 6.23. The molecule has 6 atom stereocenters. The average molecular weight is 507 g/mol. The molecule has 3 unspecified atom stereocenters. The summed E-state index contributed by atoms with van der Waals surface area (Å²) in [5, 5.41) is 9.17. The first kappa shape index (κ1) is 27.8. The lowest BCUT2D eigenvalue weighted by molar-refractivity contribution is -0.154. The predicted molar refractivity (Wildman–Crippen MR) is 139 cm³/mol. The minimum atomic E-state index is -0.630. The minimum Gasteiger partial charge on any atom is -0.465 e. The molecule has 2 amide bonds. The Labute approximate surface area is 214 Å². The van der Waals surface area contributed by atoms with Crippen LogP contribution < -0.4 is 0 Å². The largest absolute Gasteiger partial charge is 0.465 e. The van der Waals surface area contributed by atoms with Gasteiger partial charge in [-0.15, -0.1) is 24.9 Å². The lowest BCUT2D eigenvalue weighted by Crippen LogP contribution is -2.58. The van der Waals surface area contributed by atoms with Gasteiger partial charge < -0.3 is 19.6 Å². The van der Waals surface area contributed by atoms with Gasteiger partial charge in [0.05, 0.1) is 23.2 Å². The molecule has 3 rings (SSSR count). The third-order valence-electron chi connectivity index (χ3n) is 7.84. The molecule has 8 heteroatoms. The molecule has 2 bridgehead atoms. The van der Waals surface area contributed by atoms with Gasteiger partial charge in [-0.1, -0.05) is 19.1 Å². The number of aliphatic hydroxyl groups is 1. The third kappa shape index (κ3) is 5.06. The van der Waals surface area contributed by atoms with Crippen molar-refractivity contribution in [3.63, 3.8) is 0 Å². The number of amides is 2. The quantitative estimate of drug-likeness (QED) is 0.221. The zero-order chi connectivity index (χ0) is 25.8. The van der Waals surface area contributed by atoms with E-state index in [4.69, 9.17) is 4.74 Å². The molecule has 0 aromatic heterocycles. The highest BCUT2D eigenvalue weighted by Crippen LogP contribution is 2.68. The number of unbranched alkanes of at least 4 members (excludes halogenated alkanes) is 3. The Kier molecular flexibility index (Phi) is 9.49. The van der Waals surface area contributed by atoms with E-state index in [1.165, 1.54) is 0 Å². The van der Waals surface area contributed by atoms with Crippen molar-refractivity contribution in [1.82, 2.24) is 9.80 Å². The first-order valence-electron chi connectivity index (χ1n) is 13.0. The van der Waals surface area contributed by atoms with Crippen LogP contribution in [0, 0.1) is 17.8 Å². The van der Waals surface area contributed by atoms with Gasteiger partial charge in [0.25, 0.3) is 0 Å². The lowest BCUT2D eigenvalue weighted by Gasteiger charge is -2.41. The number of carbonyl (C=O) groups is 3. The Morgan fingerprint density at radius 2 is 2.00 bits per heavy atom. The van der Waals surface area contributed by atoms with Crippen LogP contribution in [0.2, 0.25) is 0 Å². The summed E-state index contributed by atoms with van der Waals surface area (Å²) < 4.78 is 5.00. The molecule has 0 radical (unpaired) electrons. The number of allylic oxidation sites excluding steroid dienone is 1. The number of hydrogen-bond acceptors (Lipinski definition) is 6. The molecular weight excluding hydrogens is 464 g/mol. The summed E-state index contributed by atoms with van der Waals surface area (Å²) in [6, 6.07) is -0.646. The fraction of sp³-hybridized carbons (Fsp3) is 0.741. The van der Waals surface area contributed by atoms with Crippen molar-refractivity contribution in [2.45, 2.75) is 81.4 Å². The Bertz CT molecular complexity index is 817. The van der Waals surface area contributed by atoms with Crippen molar-refractivity contribution < 1.29 is 24.2 Å². The molecule has 35 heavy (non-hydrogen) atoms. The van der Waals surface area contributed by atoms with Crippen LogP contribution in [-0.4, -0.2) is 81.1 Å². The van der Waals surface area contributed by atoms with Gasteiger partial charge in [-0.25, -0.2) is 0 Å². The maximum atomic E-state index is 14.1. The van der Waals surface area contributed by atoms with Gasteiger partial charge in [0, 0.05) is 31.0 Å². The van der Waals surface area contributed by atoms with Gasteiger partial charge in [-0.05, 0) is 58.3 Å². The monoisotopic (exact) mass is 506 g/mol. The van der Waals surface area contributed by atoms with Crippen molar-refractivity contribution in [3.8, 4) is 0 Å². The summed E-state index contributed by atoms with van der Waals surface area (Å²) in [6.45, 7) is 14.9. The number of nitrogens with zero attached hydrogens (tertiary/aromatic N) is 2. The maximum absolute atomic E-state index is 14.1. The van der Waals surface area contributed by atoms with Crippen LogP contribution in [0.15, 0.2) is 25.3 Å². The van der Waals surface area contributed by atoms with Crippen LogP contribution in [0.1, 0.15) is 59.3 Å². The van der Waals surface area contributed by atoms with Crippen molar-refractivity contribution in [2.24, 2.45) is 17.8 Å². The fourth-order valence-corrected chi connectivity index (χ4v) is 8.63. The molecule has 7 nitrogen and oxygen atoms in total. The van der Waals surface area contributed by atoms with Crippen LogP contribution in [0.25, 0.3) is 0 Å². The van der Waals surface area contributed by atoms with Gasteiger partial charge >= 0.3 is 5.97 Å². The van der Waals surface area contributed by atoms with Crippen LogP contribution in [0.3, 0.4) is 0 Å². The third-order valence-corrected chi connectivity index (χ3v) is 9.91. The second-order valence-corrected chi connectivity index (χ2v) is 11.9. The number of ether oxygens (including phenoxy) is 1. The van der Waals surface area contributed by atoms with Gasteiger partial charge in [0.2, 0.25) is 11.8 Å². The summed E-state index contributed by atoms with van der Waals surface area (Å²) in [5.74, 6) is -1.39. The highest BCUT2D eigenvalue weighted by atomic mass is 32.2. The Balaban J connectivity index is 1.95. The number of aliphatic hydroxyl groups excluding tert-OH is 1. The van der Waals surface area contributed by atoms with Gasteiger partial charge in [0.15, 0.2) is 0 Å². The second kappa shape index (κ2) is 12.0. The summed E-state index contributed by atoms with van der Waals surface area (Å²) >= 11 is 1.68. The van der Waals surface area contributed by atoms with Crippen LogP contribution in [-0.2, 0) is 19.1 Å². The Morgan fingerprint density at radius 1 is 1.26 bits per heavy atom. The molecule has 1 N–H and O–H groups in total. The highest BCUT2D eigenvalue weighted by molar-refractivity contribution is 8.02. The average Bonchev–Trinajstić information content (AvgIpc) is 3.41. The smallest absolute Gasteiger partial charge is 0.310 e. The number of fused-ring (bicyclic) bond motifs is 1. The molecule has 1 spiro atoms. The van der Waals surface area contributed by atoms with E-state index >= 15 is 0 Å². The molecular formula is C27H42N2O5S. The highest BCUT2D eigenvalue weighted by Gasteiger charge is 2.76. The van der Waals surface area contributed by atoms with Crippen molar-refractivity contribution in [1.29, 1.82) is 0 Å². The lowest BCUT2D eigenvalue weighted by atomic mass is 9.66. The van der Waals surface area contributed by atoms with Crippen LogP contribution in [0.5, 0.6) is 0 Å². The summed E-state index contributed by atoms with van der Waals surface area (Å²) in [6.07, 6.45) is 7.95. The first-order valence-corrected chi connectivity index (χ1v) is 13.9. The molecule has 196 valence electrons. The van der Waals surface area contributed by atoms with Crippen molar-refractivity contribution in [3.05, 3.63) is 25.3 Å². The molecule has 0 aliphatic carbocycles. The van der Waals surface area contributed by atoms with E-state index in [1.54, 1.807) is 33.7 Å². The summed E-state index contributed by atoms with van der Waals surface area (Å²) in [5.41, 5.74) is 0. The van der Waals surface area contributed by atoms with E-state index < -0.39 is 22.6 Å². The standard InChI is InChI=1S/C27H42N2O5S/c1-6-8-12-16-34-26(33)21-20-17-19(5)27(35-20)22(21)24(31)29(14-10-9-11-15-30)23(27)25(32)28(13-7-2)18(3)4/h6-7,18-23,30H,1-2,8-17H2,3-5H3/t19?,20-,21+,22-,23?,27?/m0/s1. The number of thioether (sulfide) groups is 1. The van der Waals surface area contributed by atoms with Crippen LogP contribution in [0.4, 0.5) is 0 Å². The summed E-state index contributed by atoms with van der Waals surface area (Å²) in [4.78, 5) is 44.9. The SMILES string of the molecule is C=CCCCOC(=O)[C@@H]1[C@@H]2CC(C)C3(S2)C(C(=O)N(CC=C)C(C)C)N(CCCCCO)C(=O)[C@H]13. The second-order valence-electron chi connectivity index (χ2n) is 10.3. The molecule has 0 saturated carbocycles. The molecule has 3 aliphatic heterocycles. The zero-order valence-corrected chi connectivity index (χ0v) is 22.3. The molecule has 3 aliphatic rings. The number of likely N-dealkylation sites (tertiary alicyclic amines) is 1. The van der Waals surface area contributed by atoms with E-state index in [2.05, 4.69) is 20.1 Å². The predicted octanol–water partition coefficient (Wildman–Crippen LogP) is 3.42.